The summed E-state index contributed by atoms with van der Waals surface area (Å²) in [6, 6.07) is 5.42. The molecule has 0 saturated carbocycles. The van der Waals surface area contributed by atoms with Crippen molar-refractivity contribution >= 4 is 21.7 Å². The van der Waals surface area contributed by atoms with Crippen LogP contribution in [0.15, 0.2) is 35.2 Å². The number of aromatic carboxylic acids is 1. The highest BCUT2D eigenvalue weighted by molar-refractivity contribution is 7.92. The SMILES string of the molecule is Cc1cc(O)c(C(=O)O)cc1S(=O)(=O)Nc1cc(-n2nnnc2C)ccc1F. The topological polar surface area (TPSA) is 147 Å². The molecule has 28 heavy (non-hydrogen) atoms. The summed E-state index contributed by atoms with van der Waals surface area (Å²) in [5.74, 6) is -2.53. The van der Waals surface area contributed by atoms with Crippen LogP contribution < -0.4 is 4.72 Å². The Kier molecular flexibility index (Phi) is 4.73. The van der Waals surface area contributed by atoms with Gasteiger partial charge < -0.3 is 10.2 Å². The van der Waals surface area contributed by atoms with Crippen LogP contribution in [0.5, 0.6) is 5.75 Å². The molecule has 0 aliphatic carbocycles. The minimum atomic E-state index is -4.36. The Hall–Kier alpha value is -3.54. The molecular weight excluding hydrogens is 393 g/mol. The van der Waals surface area contributed by atoms with Crippen molar-refractivity contribution in [1.29, 1.82) is 0 Å². The summed E-state index contributed by atoms with van der Waals surface area (Å²) < 4.78 is 43.0. The van der Waals surface area contributed by atoms with E-state index in [1.165, 1.54) is 23.7 Å². The first-order valence-electron chi connectivity index (χ1n) is 7.75. The van der Waals surface area contributed by atoms with Gasteiger partial charge in [-0.15, -0.1) is 5.10 Å². The zero-order chi connectivity index (χ0) is 20.6. The summed E-state index contributed by atoms with van der Waals surface area (Å²) in [7, 11) is -4.36. The van der Waals surface area contributed by atoms with E-state index in [0.29, 0.717) is 11.5 Å². The van der Waals surface area contributed by atoms with Crippen LogP contribution in [-0.4, -0.2) is 44.8 Å². The van der Waals surface area contributed by atoms with Gasteiger partial charge in [0.05, 0.1) is 16.3 Å². The van der Waals surface area contributed by atoms with E-state index in [4.69, 9.17) is 5.11 Å². The van der Waals surface area contributed by atoms with Gasteiger partial charge in [-0.3, -0.25) is 4.72 Å². The van der Waals surface area contributed by atoms with Crippen LogP contribution in [0.4, 0.5) is 10.1 Å². The Morgan fingerprint density at radius 3 is 2.54 bits per heavy atom. The van der Waals surface area contributed by atoms with E-state index in [1.807, 2.05) is 0 Å². The second kappa shape index (κ2) is 6.88. The monoisotopic (exact) mass is 407 g/mol. The third-order valence-corrected chi connectivity index (χ3v) is 5.38. The molecule has 146 valence electrons. The first-order valence-corrected chi connectivity index (χ1v) is 9.23. The van der Waals surface area contributed by atoms with E-state index >= 15 is 0 Å². The normalized spacial score (nSPS) is 11.4. The van der Waals surface area contributed by atoms with E-state index in [0.717, 1.165) is 18.2 Å². The highest BCUT2D eigenvalue weighted by Crippen LogP contribution is 2.28. The molecule has 0 amide bonds. The number of nitrogens with zero attached hydrogens (tertiary/aromatic N) is 4. The molecule has 2 aromatic carbocycles. The van der Waals surface area contributed by atoms with Crippen molar-refractivity contribution in [3.8, 4) is 11.4 Å². The molecule has 0 aliphatic rings. The van der Waals surface area contributed by atoms with E-state index in [1.54, 1.807) is 6.92 Å². The van der Waals surface area contributed by atoms with Crippen LogP contribution in [0.3, 0.4) is 0 Å². The van der Waals surface area contributed by atoms with Gasteiger partial charge in [-0.2, -0.15) is 4.68 Å². The molecule has 10 nitrogen and oxygen atoms in total. The maximum atomic E-state index is 14.2. The molecule has 3 aromatic rings. The molecule has 0 aliphatic heterocycles. The molecular formula is C16H14FN5O5S. The first kappa shape index (κ1) is 19.2. The number of sulfonamides is 1. The molecule has 0 spiro atoms. The molecule has 3 N–H and O–H groups in total. The number of benzene rings is 2. The molecule has 0 fully saturated rings. The zero-order valence-corrected chi connectivity index (χ0v) is 15.4. The van der Waals surface area contributed by atoms with Crippen molar-refractivity contribution in [2.45, 2.75) is 18.7 Å². The average molecular weight is 407 g/mol. The van der Waals surface area contributed by atoms with Crippen LogP contribution >= 0.6 is 0 Å². The fourth-order valence-electron chi connectivity index (χ4n) is 2.53. The highest BCUT2D eigenvalue weighted by atomic mass is 32.2. The molecule has 1 heterocycles. The molecule has 12 heteroatoms. The van der Waals surface area contributed by atoms with Crippen LogP contribution in [0.25, 0.3) is 5.69 Å². The summed E-state index contributed by atoms with van der Waals surface area (Å²) in [4.78, 5) is 10.8. The van der Waals surface area contributed by atoms with Crippen molar-refractivity contribution < 1.29 is 27.8 Å². The van der Waals surface area contributed by atoms with Crippen molar-refractivity contribution in [3.63, 3.8) is 0 Å². The third-order valence-electron chi connectivity index (χ3n) is 3.88. The van der Waals surface area contributed by atoms with Gasteiger partial charge in [-0.1, -0.05) is 0 Å². The van der Waals surface area contributed by atoms with Gasteiger partial charge in [0.15, 0.2) is 5.82 Å². The maximum Gasteiger partial charge on any atom is 0.339 e. The van der Waals surface area contributed by atoms with Gasteiger partial charge in [0, 0.05) is 0 Å². The number of rotatable bonds is 5. The number of hydrogen-bond acceptors (Lipinski definition) is 7. The fourth-order valence-corrected chi connectivity index (χ4v) is 3.84. The summed E-state index contributed by atoms with van der Waals surface area (Å²) in [6.45, 7) is 2.98. The second-order valence-corrected chi connectivity index (χ2v) is 7.50. The zero-order valence-electron chi connectivity index (χ0n) is 14.6. The number of aromatic hydroxyl groups is 1. The van der Waals surface area contributed by atoms with Crippen LogP contribution in [0, 0.1) is 19.7 Å². The van der Waals surface area contributed by atoms with E-state index < -0.39 is 38.0 Å². The van der Waals surface area contributed by atoms with Gasteiger partial charge in [0.2, 0.25) is 0 Å². The quantitative estimate of drug-likeness (QED) is 0.578. The van der Waals surface area contributed by atoms with Crippen molar-refractivity contribution in [3.05, 3.63) is 53.1 Å². The molecule has 0 radical (unpaired) electrons. The number of carbonyl (C=O) groups is 1. The number of aromatic nitrogens is 4. The van der Waals surface area contributed by atoms with Crippen molar-refractivity contribution in [2.24, 2.45) is 0 Å². The number of aryl methyl sites for hydroxylation is 2. The van der Waals surface area contributed by atoms with E-state index in [-0.39, 0.29) is 11.3 Å². The number of tetrazole rings is 1. The number of anilines is 1. The fraction of sp³-hybridized carbons (Fsp3) is 0.125. The van der Waals surface area contributed by atoms with Crippen molar-refractivity contribution in [2.75, 3.05) is 4.72 Å². The van der Waals surface area contributed by atoms with Gasteiger partial charge in [-0.05, 0) is 60.2 Å². The molecule has 0 bridgehead atoms. The lowest BCUT2D eigenvalue weighted by molar-refractivity contribution is 0.0693. The average Bonchev–Trinajstić information content (AvgIpc) is 3.02. The molecule has 0 unspecified atom stereocenters. The lowest BCUT2D eigenvalue weighted by Gasteiger charge is -2.13. The number of nitrogens with one attached hydrogen (secondary N) is 1. The lowest BCUT2D eigenvalue weighted by Crippen LogP contribution is -2.16. The standard InChI is InChI=1S/C16H14FN5O5S/c1-8-5-14(23)11(16(24)25)7-15(8)28(26,27)19-13-6-10(3-4-12(13)17)22-9(2)18-20-21-22/h3-7,19,23H,1-2H3,(H,24,25). The Labute approximate surface area is 158 Å². The predicted octanol–water partition coefficient (Wildman–Crippen LogP) is 1.62. The predicted molar refractivity (Wildman–Crippen MR) is 94.5 cm³/mol. The number of hydrogen-bond donors (Lipinski definition) is 3. The van der Waals surface area contributed by atoms with Gasteiger partial charge in [-0.25, -0.2) is 17.6 Å². The number of halogens is 1. The van der Waals surface area contributed by atoms with Crippen LogP contribution in [-0.2, 0) is 10.0 Å². The maximum absolute atomic E-state index is 14.2. The largest absolute Gasteiger partial charge is 0.507 e. The first-order chi connectivity index (χ1) is 13.1. The van der Waals surface area contributed by atoms with Crippen LogP contribution in [0.1, 0.15) is 21.7 Å². The Bertz CT molecular complexity index is 1190. The molecule has 3 rings (SSSR count). The highest BCUT2D eigenvalue weighted by Gasteiger charge is 2.23. The molecule has 1 aromatic heterocycles. The minimum absolute atomic E-state index is 0.0860. The smallest absolute Gasteiger partial charge is 0.339 e. The summed E-state index contributed by atoms with van der Waals surface area (Å²) >= 11 is 0. The second-order valence-electron chi connectivity index (χ2n) is 5.85. The minimum Gasteiger partial charge on any atom is -0.507 e. The Morgan fingerprint density at radius 1 is 1.21 bits per heavy atom. The molecule has 0 atom stereocenters. The summed E-state index contributed by atoms with van der Waals surface area (Å²) in [5.41, 5.74) is -0.570. The molecule has 0 saturated heterocycles. The van der Waals surface area contributed by atoms with Gasteiger partial charge in [0.1, 0.15) is 17.1 Å². The van der Waals surface area contributed by atoms with Gasteiger partial charge in [0.25, 0.3) is 10.0 Å². The van der Waals surface area contributed by atoms with E-state index in [2.05, 4.69) is 20.2 Å². The lowest BCUT2D eigenvalue weighted by atomic mass is 10.1. The number of carboxylic acid groups (broad SMARTS) is 1. The van der Waals surface area contributed by atoms with Crippen LogP contribution in [0.2, 0.25) is 0 Å². The summed E-state index contributed by atoms with van der Waals surface area (Å²) in [5, 5.41) is 29.7. The third kappa shape index (κ3) is 3.49. The summed E-state index contributed by atoms with van der Waals surface area (Å²) in [6.07, 6.45) is 0. The van der Waals surface area contributed by atoms with E-state index in [9.17, 15) is 22.7 Å². The van der Waals surface area contributed by atoms with Gasteiger partial charge >= 0.3 is 5.97 Å². The van der Waals surface area contributed by atoms with Crippen molar-refractivity contribution in [1.82, 2.24) is 20.2 Å². The number of phenols is 1. The number of carboxylic acids is 1. The Morgan fingerprint density at radius 2 is 1.93 bits per heavy atom. The Balaban J connectivity index is 2.05.